The number of esters is 2. The van der Waals surface area contributed by atoms with Crippen molar-refractivity contribution in [3.05, 3.63) is 23.8 Å². The first-order valence-electron chi connectivity index (χ1n) is 4.68. The topological polar surface area (TPSA) is 52.6 Å². The molecule has 0 aromatic heterocycles. The fraction of sp³-hybridized carbons (Fsp3) is 0.455. The summed E-state index contributed by atoms with van der Waals surface area (Å²) in [4.78, 5) is 22.4. The van der Waals surface area contributed by atoms with Gasteiger partial charge in [-0.1, -0.05) is 12.7 Å². The molecule has 1 fully saturated rings. The molecular weight excluding hydrogens is 196 g/mol. The van der Waals surface area contributed by atoms with Crippen LogP contribution >= 0.6 is 0 Å². The predicted molar refractivity (Wildman–Crippen MR) is 54.0 cm³/mol. The first-order valence-corrected chi connectivity index (χ1v) is 4.68. The molecule has 82 valence electrons. The quantitative estimate of drug-likeness (QED) is 0.390. The Bertz CT molecular complexity index is 327. The molecule has 0 amide bonds. The molecule has 1 rings (SSSR count). The van der Waals surface area contributed by atoms with Crippen LogP contribution in [0.15, 0.2) is 23.8 Å². The zero-order valence-corrected chi connectivity index (χ0v) is 8.91. The van der Waals surface area contributed by atoms with E-state index in [2.05, 4.69) is 11.3 Å². The van der Waals surface area contributed by atoms with E-state index in [0.717, 1.165) is 5.57 Å². The summed E-state index contributed by atoms with van der Waals surface area (Å²) in [5.74, 6) is -1.06. The van der Waals surface area contributed by atoms with Crippen LogP contribution in [0.2, 0.25) is 0 Å². The molecular formula is C11H14O4. The molecule has 1 aliphatic heterocycles. The predicted octanol–water partition coefficient (Wildman–Crippen LogP) is 1.22. The van der Waals surface area contributed by atoms with Crippen molar-refractivity contribution in [2.75, 3.05) is 13.7 Å². The minimum Gasteiger partial charge on any atom is -0.466 e. The van der Waals surface area contributed by atoms with Crippen molar-refractivity contribution >= 4 is 11.9 Å². The second-order valence-electron chi connectivity index (χ2n) is 3.30. The Morgan fingerprint density at radius 2 is 2.33 bits per heavy atom. The van der Waals surface area contributed by atoms with Crippen molar-refractivity contribution in [2.24, 2.45) is 5.92 Å². The zero-order chi connectivity index (χ0) is 11.4. The molecule has 1 aliphatic rings. The summed E-state index contributed by atoms with van der Waals surface area (Å²) >= 11 is 0. The molecule has 4 heteroatoms. The summed E-state index contributed by atoms with van der Waals surface area (Å²) in [5.41, 5.74) is 1.20. The maximum absolute atomic E-state index is 11.3. The van der Waals surface area contributed by atoms with E-state index < -0.39 is 5.97 Å². The van der Waals surface area contributed by atoms with Crippen LogP contribution in [0.3, 0.4) is 0 Å². The van der Waals surface area contributed by atoms with Gasteiger partial charge < -0.3 is 9.47 Å². The van der Waals surface area contributed by atoms with Crippen LogP contribution in [0.5, 0.6) is 0 Å². The lowest BCUT2D eigenvalue weighted by molar-refractivity contribution is -0.146. The lowest BCUT2D eigenvalue weighted by atomic mass is 9.87. The van der Waals surface area contributed by atoms with Gasteiger partial charge in [-0.25, -0.2) is 4.79 Å². The van der Waals surface area contributed by atoms with Crippen molar-refractivity contribution in [2.45, 2.75) is 13.3 Å². The zero-order valence-electron chi connectivity index (χ0n) is 8.91. The molecule has 1 unspecified atom stereocenters. The van der Waals surface area contributed by atoms with E-state index in [4.69, 9.17) is 4.74 Å². The highest BCUT2D eigenvalue weighted by molar-refractivity contribution is 5.90. The summed E-state index contributed by atoms with van der Waals surface area (Å²) in [6, 6.07) is 0. The van der Waals surface area contributed by atoms with Gasteiger partial charge in [0.1, 0.15) is 6.61 Å². The molecule has 1 heterocycles. The van der Waals surface area contributed by atoms with Gasteiger partial charge in [0.05, 0.1) is 13.5 Å². The van der Waals surface area contributed by atoms with Crippen molar-refractivity contribution in [1.29, 1.82) is 0 Å². The highest BCUT2D eigenvalue weighted by Crippen LogP contribution is 2.28. The molecule has 1 atom stereocenters. The Hall–Kier alpha value is -1.58. The average Bonchev–Trinajstić information content (AvgIpc) is 2.27. The highest BCUT2D eigenvalue weighted by atomic mass is 16.5. The molecule has 0 aromatic rings. The van der Waals surface area contributed by atoms with Gasteiger partial charge in [0.25, 0.3) is 0 Å². The smallest absolute Gasteiger partial charge is 0.333 e. The van der Waals surface area contributed by atoms with E-state index >= 15 is 0 Å². The fourth-order valence-electron chi connectivity index (χ4n) is 1.53. The van der Waals surface area contributed by atoms with Crippen LogP contribution in [0.1, 0.15) is 13.3 Å². The van der Waals surface area contributed by atoms with Gasteiger partial charge in [-0.15, -0.1) is 0 Å². The highest BCUT2D eigenvalue weighted by Gasteiger charge is 2.30. The summed E-state index contributed by atoms with van der Waals surface area (Å²) < 4.78 is 9.45. The Labute approximate surface area is 88.6 Å². The minimum absolute atomic E-state index is 0.160. The standard InChI is InChI=1S/C11H14O4/c1-4-8-6-15-10(12)5-9(8)7(2)11(13)14-3/h4,9H,2,5-6H2,1,3H3. The van der Waals surface area contributed by atoms with Gasteiger partial charge in [0.15, 0.2) is 0 Å². The third kappa shape index (κ3) is 2.46. The van der Waals surface area contributed by atoms with Gasteiger partial charge in [-0.05, 0) is 12.5 Å². The minimum atomic E-state index is -0.478. The molecule has 0 saturated carbocycles. The van der Waals surface area contributed by atoms with Crippen molar-refractivity contribution < 1.29 is 19.1 Å². The van der Waals surface area contributed by atoms with Crippen LogP contribution < -0.4 is 0 Å². The number of methoxy groups -OCH3 is 1. The number of ether oxygens (including phenoxy) is 2. The summed E-state index contributed by atoms with van der Waals surface area (Å²) in [7, 11) is 1.30. The van der Waals surface area contributed by atoms with E-state index in [-0.39, 0.29) is 24.9 Å². The van der Waals surface area contributed by atoms with Crippen LogP contribution in [0, 0.1) is 5.92 Å². The van der Waals surface area contributed by atoms with Crippen LogP contribution in [-0.2, 0) is 19.1 Å². The van der Waals surface area contributed by atoms with Gasteiger partial charge in [-0.2, -0.15) is 0 Å². The van der Waals surface area contributed by atoms with E-state index in [1.165, 1.54) is 7.11 Å². The number of carbonyl (C=O) groups excluding carboxylic acids is 2. The Morgan fingerprint density at radius 3 is 2.87 bits per heavy atom. The SMILES string of the molecule is C=C(C(=O)OC)C1CC(=O)OCC1=CC. The molecule has 0 aromatic carbocycles. The number of hydrogen-bond acceptors (Lipinski definition) is 4. The molecule has 0 N–H and O–H groups in total. The van der Waals surface area contributed by atoms with Crippen LogP contribution in [-0.4, -0.2) is 25.7 Å². The first kappa shape index (κ1) is 11.5. The van der Waals surface area contributed by atoms with E-state index in [0.29, 0.717) is 5.57 Å². The van der Waals surface area contributed by atoms with E-state index in [1.807, 2.05) is 13.0 Å². The lowest BCUT2D eigenvalue weighted by Crippen LogP contribution is -2.27. The van der Waals surface area contributed by atoms with Gasteiger partial charge >= 0.3 is 11.9 Å². The third-order valence-corrected chi connectivity index (χ3v) is 2.46. The van der Waals surface area contributed by atoms with Crippen molar-refractivity contribution in [3.8, 4) is 0 Å². The maximum Gasteiger partial charge on any atom is 0.333 e. The largest absolute Gasteiger partial charge is 0.466 e. The molecule has 0 radical (unpaired) electrons. The lowest BCUT2D eigenvalue weighted by Gasteiger charge is -2.25. The van der Waals surface area contributed by atoms with Crippen molar-refractivity contribution in [1.82, 2.24) is 0 Å². The number of hydrogen-bond donors (Lipinski definition) is 0. The Kier molecular flexibility index (Phi) is 3.66. The molecule has 0 bridgehead atoms. The fourth-order valence-corrected chi connectivity index (χ4v) is 1.53. The van der Waals surface area contributed by atoms with Crippen molar-refractivity contribution in [3.63, 3.8) is 0 Å². The Balaban J connectivity index is 2.84. The molecule has 1 saturated heterocycles. The van der Waals surface area contributed by atoms with Gasteiger partial charge in [0, 0.05) is 11.5 Å². The average molecular weight is 210 g/mol. The third-order valence-electron chi connectivity index (χ3n) is 2.46. The molecule has 0 aliphatic carbocycles. The normalized spacial score (nSPS) is 23.5. The Morgan fingerprint density at radius 1 is 1.67 bits per heavy atom. The summed E-state index contributed by atoms with van der Waals surface area (Å²) in [5, 5.41) is 0. The monoisotopic (exact) mass is 210 g/mol. The first-order chi connectivity index (χ1) is 7.10. The summed E-state index contributed by atoms with van der Waals surface area (Å²) in [6.45, 7) is 5.73. The molecule has 4 nitrogen and oxygen atoms in total. The van der Waals surface area contributed by atoms with Crippen LogP contribution in [0.25, 0.3) is 0 Å². The summed E-state index contributed by atoms with van der Waals surface area (Å²) in [6.07, 6.45) is 2.00. The van der Waals surface area contributed by atoms with E-state index in [1.54, 1.807) is 0 Å². The number of cyclic esters (lactones) is 1. The number of carbonyl (C=O) groups is 2. The van der Waals surface area contributed by atoms with Gasteiger partial charge in [0.2, 0.25) is 0 Å². The maximum atomic E-state index is 11.3. The van der Waals surface area contributed by atoms with Crippen LogP contribution in [0.4, 0.5) is 0 Å². The molecule has 0 spiro atoms. The second-order valence-corrected chi connectivity index (χ2v) is 3.30. The van der Waals surface area contributed by atoms with Gasteiger partial charge in [-0.3, -0.25) is 4.79 Å². The number of allylic oxidation sites excluding steroid dienone is 1. The molecule has 15 heavy (non-hydrogen) atoms. The van der Waals surface area contributed by atoms with E-state index in [9.17, 15) is 9.59 Å². The number of rotatable bonds is 2. The second kappa shape index (κ2) is 4.77.